The summed E-state index contributed by atoms with van der Waals surface area (Å²) in [7, 11) is 0. The van der Waals surface area contributed by atoms with Gasteiger partial charge in [0.25, 0.3) is 0 Å². The summed E-state index contributed by atoms with van der Waals surface area (Å²) >= 11 is 0. The Kier molecular flexibility index (Phi) is 17.4. The van der Waals surface area contributed by atoms with Crippen molar-refractivity contribution in [2.75, 3.05) is 0 Å². The molecule has 0 aliphatic rings. The highest BCUT2D eigenvalue weighted by Crippen LogP contribution is 2.06. The van der Waals surface area contributed by atoms with Crippen LogP contribution >= 0.6 is 0 Å². The average molecular weight is 421 g/mol. The van der Waals surface area contributed by atoms with Crippen LogP contribution < -0.4 is 0 Å². The van der Waals surface area contributed by atoms with Gasteiger partial charge in [-0.15, -0.1) is 0 Å². The molecule has 30 heavy (non-hydrogen) atoms. The van der Waals surface area contributed by atoms with Gasteiger partial charge in [0, 0.05) is 12.5 Å². The minimum Gasteiger partial charge on any atom is -0.478 e. The van der Waals surface area contributed by atoms with Crippen molar-refractivity contribution in [3.05, 3.63) is 72.9 Å². The Balaban J connectivity index is 3.99. The maximum absolute atomic E-state index is 10.3. The van der Waals surface area contributed by atoms with Crippen LogP contribution in [0.4, 0.5) is 0 Å². The second kappa shape index (κ2) is 18.8. The van der Waals surface area contributed by atoms with Crippen LogP contribution in [0, 0.1) is 0 Å². The van der Waals surface area contributed by atoms with Crippen LogP contribution in [-0.4, -0.2) is 55.9 Å². The maximum Gasteiger partial charge on any atom is 0.328 e. The van der Waals surface area contributed by atoms with Crippen molar-refractivity contribution in [2.45, 2.75) is 69.9 Å². The first-order valence-electron chi connectivity index (χ1n) is 10.3. The highest BCUT2D eigenvalue weighted by Gasteiger charge is 2.07. The van der Waals surface area contributed by atoms with Crippen LogP contribution in [0.2, 0.25) is 0 Å². The number of carboxylic acids is 1. The van der Waals surface area contributed by atoms with Crippen LogP contribution in [0.1, 0.15) is 45.4 Å². The zero-order valence-electron chi connectivity index (χ0n) is 17.6. The SMILES string of the molecule is CC(O)CCCC=CC=CC(O)CC(O)CC=CC=CC(O)CC=CC=CC(=O)O. The Hall–Kier alpha value is -2.25. The highest BCUT2D eigenvalue weighted by molar-refractivity contribution is 5.80. The van der Waals surface area contributed by atoms with E-state index in [-0.39, 0.29) is 12.5 Å². The third kappa shape index (κ3) is 20.5. The van der Waals surface area contributed by atoms with E-state index < -0.39 is 24.3 Å². The Labute approximate surface area is 179 Å². The van der Waals surface area contributed by atoms with E-state index in [1.165, 1.54) is 6.08 Å². The first kappa shape index (κ1) is 27.8. The van der Waals surface area contributed by atoms with E-state index in [1.807, 2.05) is 12.2 Å². The third-order valence-electron chi connectivity index (χ3n) is 3.94. The van der Waals surface area contributed by atoms with Gasteiger partial charge in [0.15, 0.2) is 0 Å². The number of rotatable bonds is 16. The molecular formula is C24H36O6. The molecule has 0 radical (unpaired) electrons. The first-order valence-corrected chi connectivity index (χ1v) is 10.3. The molecular weight excluding hydrogens is 384 g/mol. The number of allylic oxidation sites excluding steroid dienone is 7. The van der Waals surface area contributed by atoms with E-state index in [4.69, 9.17) is 10.2 Å². The number of aliphatic hydroxyl groups excluding tert-OH is 4. The van der Waals surface area contributed by atoms with Crippen LogP contribution in [0.15, 0.2) is 72.9 Å². The van der Waals surface area contributed by atoms with Crippen molar-refractivity contribution in [3.63, 3.8) is 0 Å². The van der Waals surface area contributed by atoms with Gasteiger partial charge in [-0.1, -0.05) is 66.8 Å². The molecule has 0 aliphatic carbocycles. The number of carboxylic acid groups (broad SMARTS) is 1. The van der Waals surface area contributed by atoms with Gasteiger partial charge in [0.1, 0.15) is 0 Å². The van der Waals surface area contributed by atoms with E-state index in [0.717, 1.165) is 25.3 Å². The van der Waals surface area contributed by atoms with E-state index in [0.29, 0.717) is 12.8 Å². The number of unbranched alkanes of at least 4 members (excludes halogenated alkanes) is 1. The predicted octanol–water partition coefficient (Wildman–Crippen LogP) is 3.21. The second-order valence-electron chi connectivity index (χ2n) is 7.03. The summed E-state index contributed by atoms with van der Waals surface area (Å²) < 4.78 is 0. The lowest BCUT2D eigenvalue weighted by Gasteiger charge is -2.10. The van der Waals surface area contributed by atoms with Gasteiger partial charge in [0.05, 0.1) is 24.4 Å². The molecule has 168 valence electrons. The van der Waals surface area contributed by atoms with Gasteiger partial charge in [-0.3, -0.25) is 0 Å². The Morgan fingerprint density at radius 3 is 2.07 bits per heavy atom. The van der Waals surface area contributed by atoms with Crippen molar-refractivity contribution in [1.82, 2.24) is 0 Å². The number of hydrogen-bond acceptors (Lipinski definition) is 5. The molecule has 0 bridgehead atoms. The minimum absolute atomic E-state index is 0.234. The molecule has 0 aromatic rings. The first-order chi connectivity index (χ1) is 14.3. The monoisotopic (exact) mass is 420 g/mol. The maximum atomic E-state index is 10.3. The molecule has 0 saturated heterocycles. The highest BCUT2D eigenvalue weighted by atomic mass is 16.4. The number of hydrogen-bond donors (Lipinski definition) is 5. The van der Waals surface area contributed by atoms with E-state index in [2.05, 4.69) is 0 Å². The Bertz CT molecular complexity index is 613. The molecule has 6 heteroatoms. The van der Waals surface area contributed by atoms with Crippen LogP contribution in [0.3, 0.4) is 0 Å². The number of aliphatic carboxylic acids is 1. The van der Waals surface area contributed by atoms with E-state index >= 15 is 0 Å². The molecule has 0 aromatic carbocycles. The second-order valence-corrected chi connectivity index (χ2v) is 7.03. The summed E-state index contributed by atoms with van der Waals surface area (Å²) in [6.45, 7) is 1.77. The molecule has 0 rings (SSSR count). The molecule has 0 aliphatic heterocycles. The topological polar surface area (TPSA) is 118 Å². The fourth-order valence-corrected chi connectivity index (χ4v) is 2.37. The van der Waals surface area contributed by atoms with Crippen LogP contribution in [0.25, 0.3) is 0 Å². The summed E-state index contributed by atoms with van der Waals surface area (Å²) in [6, 6.07) is 0. The zero-order chi connectivity index (χ0) is 22.6. The summed E-state index contributed by atoms with van der Waals surface area (Å²) in [5, 5.41) is 47.2. The van der Waals surface area contributed by atoms with E-state index in [9.17, 15) is 20.1 Å². The summed E-state index contributed by atoms with van der Waals surface area (Å²) in [5.41, 5.74) is 0. The van der Waals surface area contributed by atoms with Crippen molar-refractivity contribution in [2.24, 2.45) is 0 Å². The van der Waals surface area contributed by atoms with Crippen molar-refractivity contribution in [3.8, 4) is 0 Å². The normalized spacial score (nSPS) is 17.2. The lowest BCUT2D eigenvalue weighted by Crippen LogP contribution is -2.14. The lowest BCUT2D eigenvalue weighted by molar-refractivity contribution is -0.131. The third-order valence-corrected chi connectivity index (χ3v) is 3.94. The predicted molar refractivity (Wildman–Crippen MR) is 120 cm³/mol. The minimum atomic E-state index is -1.02. The molecule has 5 N–H and O–H groups in total. The Morgan fingerprint density at radius 2 is 1.40 bits per heavy atom. The summed E-state index contributed by atoms with van der Waals surface area (Å²) in [6.07, 6.45) is 20.8. The average Bonchev–Trinajstić information content (AvgIpc) is 2.66. The number of carbonyl (C=O) groups is 1. The quantitative estimate of drug-likeness (QED) is 0.149. The lowest BCUT2D eigenvalue weighted by atomic mass is 10.1. The van der Waals surface area contributed by atoms with Gasteiger partial charge in [-0.05, 0) is 39.0 Å². The molecule has 6 nitrogen and oxygen atoms in total. The van der Waals surface area contributed by atoms with Gasteiger partial charge in [-0.25, -0.2) is 4.79 Å². The largest absolute Gasteiger partial charge is 0.478 e. The van der Waals surface area contributed by atoms with Crippen molar-refractivity contribution < 1.29 is 30.3 Å². The van der Waals surface area contributed by atoms with Crippen LogP contribution in [-0.2, 0) is 4.79 Å². The number of aliphatic hydroxyl groups is 4. The molecule has 4 atom stereocenters. The molecule has 0 heterocycles. The summed E-state index contributed by atoms with van der Waals surface area (Å²) in [4.78, 5) is 10.3. The fourth-order valence-electron chi connectivity index (χ4n) is 2.37. The van der Waals surface area contributed by atoms with Crippen molar-refractivity contribution in [1.29, 1.82) is 0 Å². The molecule has 0 aromatic heterocycles. The van der Waals surface area contributed by atoms with E-state index in [1.54, 1.807) is 55.5 Å². The van der Waals surface area contributed by atoms with Gasteiger partial charge >= 0.3 is 5.97 Å². The Morgan fingerprint density at radius 1 is 0.800 bits per heavy atom. The molecule has 0 amide bonds. The zero-order valence-corrected chi connectivity index (χ0v) is 17.6. The van der Waals surface area contributed by atoms with Gasteiger partial charge in [0.2, 0.25) is 0 Å². The standard InChI is InChI=1S/C24H36O6/c1-20(25)13-7-3-2-4-8-16-22(27)19-23(28)17-11-5-9-14-21(26)15-10-6-12-18-24(29)30/h2,4-6,8-12,14,16,18,20-23,25-28H,3,7,13,15,17,19H2,1H3,(H,29,30). The summed E-state index contributed by atoms with van der Waals surface area (Å²) in [5.74, 6) is -1.02. The van der Waals surface area contributed by atoms with Crippen molar-refractivity contribution >= 4 is 5.97 Å². The molecule has 0 saturated carbocycles. The van der Waals surface area contributed by atoms with Crippen LogP contribution in [0.5, 0.6) is 0 Å². The molecule has 4 unspecified atom stereocenters. The fraction of sp³-hybridized carbons (Fsp3) is 0.458. The molecule has 0 fully saturated rings. The molecule has 0 spiro atoms. The smallest absolute Gasteiger partial charge is 0.328 e. The van der Waals surface area contributed by atoms with Gasteiger partial charge in [-0.2, -0.15) is 0 Å². The van der Waals surface area contributed by atoms with Gasteiger partial charge < -0.3 is 25.5 Å².